The second-order valence-electron chi connectivity index (χ2n) is 6.82. The minimum atomic E-state index is -0.889. The molecule has 5 heteroatoms. The molecule has 1 saturated heterocycles. The molecule has 2 rings (SSSR count). The summed E-state index contributed by atoms with van der Waals surface area (Å²) >= 11 is 0. The highest BCUT2D eigenvalue weighted by atomic mass is 19.1. The summed E-state index contributed by atoms with van der Waals surface area (Å²) in [5.74, 6) is -0.547. The second-order valence-corrected chi connectivity index (χ2v) is 6.82. The molecule has 0 radical (unpaired) electrons. The monoisotopic (exact) mass is 308 g/mol. The number of carbonyl (C=O) groups excluding carboxylic acids is 1. The molecule has 1 aromatic rings. The van der Waals surface area contributed by atoms with E-state index >= 15 is 0 Å². The van der Waals surface area contributed by atoms with E-state index in [1.165, 1.54) is 6.07 Å². The van der Waals surface area contributed by atoms with E-state index in [2.05, 4.69) is 5.32 Å². The van der Waals surface area contributed by atoms with E-state index in [1.807, 2.05) is 0 Å². The van der Waals surface area contributed by atoms with Crippen LogP contribution in [-0.2, 0) is 9.53 Å². The zero-order chi connectivity index (χ0) is 16.3. The fourth-order valence-electron chi connectivity index (χ4n) is 2.70. The van der Waals surface area contributed by atoms with E-state index in [9.17, 15) is 9.18 Å². The minimum Gasteiger partial charge on any atom is -0.459 e. The largest absolute Gasteiger partial charge is 0.459 e. The van der Waals surface area contributed by atoms with Gasteiger partial charge in [0, 0.05) is 0 Å². The van der Waals surface area contributed by atoms with Crippen molar-refractivity contribution < 1.29 is 13.9 Å². The van der Waals surface area contributed by atoms with Gasteiger partial charge in [0.05, 0.1) is 0 Å². The smallest absolute Gasteiger partial charge is 0.328 e. The van der Waals surface area contributed by atoms with Crippen LogP contribution in [0.5, 0.6) is 0 Å². The summed E-state index contributed by atoms with van der Waals surface area (Å²) in [6, 6.07) is 3.80. The molecule has 0 amide bonds. The van der Waals surface area contributed by atoms with Crippen LogP contribution < -0.4 is 11.1 Å². The van der Waals surface area contributed by atoms with Crippen LogP contribution in [0, 0.1) is 5.82 Å². The number of piperidine rings is 1. The van der Waals surface area contributed by atoms with Crippen LogP contribution in [0.4, 0.5) is 4.39 Å². The highest BCUT2D eigenvalue weighted by molar-refractivity contribution is 5.77. The lowest BCUT2D eigenvalue weighted by Crippen LogP contribution is -2.32. The fraction of sp³-hybridized carbons (Fsp3) is 0.588. The Kier molecular flexibility index (Phi) is 5.19. The Labute approximate surface area is 131 Å². The van der Waals surface area contributed by atoms with Crippen molar-refractivity contribution in [2.45, 2.75) is 51.2 Å². The first-order valence-corrected chi connectivity index (χ1v) is 7.76. The van der Waals surface area contributed by atoms with Crippen molar-refractivity contribution in [3.63, 3.8) is 0 Å². The molecular weight excluding hydrogens is 283 g/mol. The Hall–Kier alpha value is -1.46. The van der Waals surface area contributed by atoms with Gasteiger partial charge in [0.25, 0.3) is 0 Å². The number of nitrogens with one attached hydrogen (secondary N) is 1. The Morgan fingerprint density at radius 3 is 2.59 bits per heavy atom. The Morgan fingerprint density at radius 2 is 2.00 bits per heavy atom. The first-order valence-electron chi connectivity index (χ1n) is 7.76. The second kappa shape index (κ2) is 6.75. The third-order valence-corrected chi connectivity index (χ3v) is 3.82. The summed E-state index contributed by atoms with van der Waals surface area (Å²) < 4.78 is 19.4. The number of benzene rings is 1. The first kappa shape index (κ1) is 16.9. The quantitative estimate of drug-likeness (QED) is 0.843. The van der Waals surface area contributed by atoms with Crippen molar-refractivity contribution in [1.29, 1.82) is 0 Å². The molecule has 1 heterocycles. The summed E-state index contributed by atoms with van der Waals surface area (Å²) in [7, 11) is 0. The van der Waals surface area contributed by atoms with Crippen molar-refractivity contribution in [3.8, 4) is 0 Å². The third kappa shape index (κ3) is 4.27. The molecule has 0 aromatic heterocycles. The van der Waals surface area contributed by atoms with Crippen molar-refractivity contribution in [2.24, 2.45) is 5.73 Å². The Balaban J connectivity index is 2.19. The van der Waals surface area contributed by atoms with Crippen LogP contribution in [0.25, 0.3) is 0 Å². The average molecular weight is 308 g/mol. The lowest BCUT2D eigenvalue weighted by molar-refractivity contribution is -0.156. The topological polar surface area (TPSA) is 64.3 Å². The van der Waals surface area contributed by atoms with Crippen molar-refractivity contribution in [1.82, 2.24) is 5.32 Å². The summed E-state index contributed by atoms with van der Waals surface area (Å²) in [5, 5.41) is 3.26. The third-order valence-electron chi connectivity index (χ3n) is 3.82. The van der Waals surface area contributed by atoms with Gasteiger partial charge in [-0.05, 0) is 69.8 Å². The van der Waals surface area contributed by atoms with Gasteiger partial charge in [-0.3, -0.25) is 0 Å². The van der Waals surface area contributed by atoms with E-state index in [0.29, 0.717) is 11.1 Å². The number of rotatable bonds is 3. The van der Waals surface area contributed by atoms with Crippen LogP contribution >= 0.6 is 0 Å². The van der Waals surface area contributed by atoms with Gasteiger partial charge in [-0.2, -0.15) is 0 Å². The molecule has 1 unspecified atom stereocenters. The lowest BCUT2D eigenvalue weighted by atomic mass is 9.88. The van der Waals surface area contributed by atoms with E-state index < -0.39 is 17.6 Å². The zero-order valence-corrected chi connectivity index (χ0v) is 13.5. The van der Waals surface area contributed by atoms with Crippen LogP contribution in [0.2, 0.25) is 0 Å². The van der Waals surface area contributed by atoms with E-state index in [4.69, 9.17) is 10.5 Å². The van der Waals surface area contributed by atoms with E-state index in [0.717, 1.165) is 25.9 Å². The molecular formula is C17H25FN2O2. The molecule has 0 saturated carbocycles. The maximum absolute atomic E-state index is 14.1. The lowest BCUT2D eigenvalue weighted by Gasteiger charge is -2.25. The fourth-order valence-corrected chi connectivity index (χ4v) is 2.70. The highest BCUT2D eigenvalue weighted by Crippen LogP contribution is 2.29. The summed E-state index contributed by atoms with van der Waals surface area (Å²) in [4.78, 5) is 12.1. The molecule has 3 N–H and O–H groups in total. The molecule has 1 atom stereocenters. The van der Waals surface area contributed by atoms with Crippen LogP contribution in [-0.4, -0.2) is 24.7 Å². The summed E-state index contributed by atoms with van der Waals surface area (Å²) in [6.07, 6.45) is 1.78. The van der Waals surface area contributed by atoms with Gasteiger partial charge in [-0.15, -0.1) is 0 Å². The maximum Gasteiger partial charge on any atom is 0.328 e. The van der Waals surface area contributed by atoms with Crippen molar-refractivity contribution >= 4 is 5.97 Å². The van der Waals surface area contributed by atoms with Gasteiger partial charge in [0.1, 0.15) is 17.5 Å². The normalized spacial score (nSPS) is 18.0. The average Bonchev–Trinajstić information content (AvgIpc) is 2.46. The number of carbonyl (C=O) groups is 1. The molecule has 4 nitrogen and oxygen atoms in total. The molecule has 1 aliphatic rings. The number of nitrogens with two attached hydrogens (primary N) is 1. The summed E-state index contributed by atoms with van der Waals surface area (Å²) in [6.45, 7) is 7.15. The predicted octanol–water partition coefficient (Wildman–Crippen LogP) is 2.63. The Bertz CT molecular complexity index is 534. The van der Waals surface area contributed by atoms with E-state index in [-0.39, 0.29) is 11.7 Å². The maximum atomic E-state index is 14.1. The van der Waals surface area contributed by atoms with Crippen molar-refractivity contribution in [2.75, 3.05) is 13.1 Å². The number of hydrogen-bond acceptors (Lipinski definition) is 4. The van der Waals surface area contributed by atoms with Gasteiger partial charge in [-0.1, -0.05) is 12.1 Å². The van der Waals surface area contributed by atoms with Gasteiger partial charge in [-0.25, -0.2) is 9.18 Å². The van der Waals surface area contributed by atoms with E-state index in [1.54, 1.807) is 32.9 Å². The van der Waals surface area contributed by atoms with Crippen molar-refractivity contribution in [3.05, 3.63) is 35.1 Å². The summed E-state index contributed by atoms with van der Waals surface area (Å²) in [5.41, 5.74) is 6.65. The van der Waals surface area contributed by atoms with Gasteiger partial charge < -0.3 is 15.8 Å². The number of hydrogen-bond donors (Lipinski definition) is 2. The Morgan fingerprint density at radius 1 is 1.36 bits per heavy atom. The van der Waals surface area contributed by atoms with Crippen LogP contribution in [0.15, 0.2) is 18.2 Å². The molecule has 1 aromatic carbocycles. The van der Waals surface area contributed by atoms with Gasteiger partial charge >= 0.3 is 5.97 Å². The molecule has 22 heavy (non-hydrogen) atoms. The van der Waals surface area contributed by atoms with Gasteiger partial charge in [0.2, 0.25) is 0 Å². The minimum absolute atomic E-state index is 0.173. The molecule has 0 bridgehead atoms. The molecule has 122 valence electrons. The number of esters is 1. The van der Waals surface area contributed by atoms with Crippen LogP contribution in [0.3, 0.4) is 0 Å². The molecule has 0 spiro atoms. The zero-order valence-electron chi connectivity index (χ0n) is 13.5. The number of halogens is 1. The first-order chi connectivity index (χ1) is 10.3. The molecule has 0 aliphatic carbocycles. The molecule has 1 aliphatic heterocycles. The SMILES string of the molecule is CC(C)(C)OC(=O)C(N)c1ccc(F)c(C2CCNCC2)c1. The molecule has 1 fully saturated rings. The highest BCUT2D eigenvalue weighted by Gasteiger charge is 2.25. The van der Waals surface area contributed by atoms with Crippen LogP contribution in [0.1, 0.15) is 56.7 Å². The number of ether oxygens (including phenoxy) is 1. The predicted molar refractivity (Wildman–Crippen MR) is 84.0 cm³/mol. The standard InChI is InChI=1S/C17H25FN2O2/c1-17(2,3)22-16(21)15(19)12-4-5-14(18)13(10-12)11-6-8-20-9-7-11/h4-5,10-11,15,20H,6-9,19H2,1-3H3. The van der Waals surface area contributed by atoms with Gasteiger partial charge in [0.15, 0.2) is 0 Å².